The Hall–Kier alpha value is -1.51. The van der Waals surface area contributed by atoms with Gasteiger partial charge in [-0.05, 0) is 25.0 Å². The molecule has 21 heavy (non-hydrogen) atoms. The maximum Gasteiger partial charge on any atom is 0.269 e. The first kappa shape index (κ1) is 15.9. The van der Waals surface area contributed by atoms with Gasteiger partial charge < -0.3 is 5.73 Å². The van der Waals surface area contributed by atoms with E-state index in [0.29, 0.717) is 6.42 Å². The minimum absolute atomic E-state index is 0.0181. The molecule has 1 aromatic rings. The largest absolute Gasteiger partial charge is 0.326 e. The maximum absolute atomic E-state index is 12.3. The molecule has 0 unspecified atom stereocenters. The van der Waals surface area contributed by atoms with Crippen molar-refractivity contribution < 1.29 is 13.3 Å². The minimum atomic E-state index is -3.70. The molecular formula is C13H19N3O4S. The third-order valence-corrected chi connectivity index (χ3v) is 5.24. The molecule has 2 atom stereocenters. The zero-order chi connectivity index (χ0) is 15.5. The first-order chi connectivity index (χ1) is 9.90. The molecule has 116 valence electrons. The Bertz CT molecular complexity index is 600. The quantitative estimate of drug-likeness (QED) is 0.497. The number of hydrogen-bond donors (Lipinski definition) is 2. The van der Waals surface area contributed by atoms with Gasteiger partial charge in [0.2, 0.25) is 10.0 Å². The number of benzene rings is 1. The number of nitrogens with one attached hydrogen (secondary N) is 1. The summed E-state index contributed by atoms with van der Waals surface area (Å²) in [4.78, 5) is 10.0. The fourth-order valence-corrected chi connectivity index (χ4v) is 3.82. The second-order valence-electron chi connectivity index (χ2n) is 5.28. The van der Waals surface area contributed by atoms with Crippen molar-refractivity contribution in [2.24, 2.45) is 5.73 Å². The van der Waals surface area contributed by atoms with Gasteiger partial charge >= 0.3 is 0 Å². The summed E-state index contributed by atoms with van der Waals surface area (Å²) in [6, 6.07) is 4.36. The van der Waals surface area contributed by atoms with Crippen molar-refractivity contribution >= 4 is 15.7 Å². The fraction of sp³-hybridized carbons (Fsp3) is 0.538. The number of sulfonamides is 1. The average molecular weight is 313 g/mol. The van der Waals surface area contributed by atoms with Gasteiger partial charge in [0.15, 0.2) is 0 Å². The first-order valence-electron chi connectivity index (χ1n) is 6.92. The Balaban J connectivity index is 2.15. The summed E-state index contributed by atoms with van der Waals surface area (Å²) in [5.41, 5.74) is 5.87. The predicted molar refractivity (Wildman–Crippen MR) is 78.3 cm³/mol. The first-order valence-corrected chi connectivity index (χ1v) is 8.41. The molecule has 0 spiro atoms. The third kappa shape index (κ3) is 3.99. The van der Waals surface area contributed by atoms with Crippen LogP contribution in [0.2, 0.25) is 0 Å². The van der Waals surface area contributed by atoms with E-state index in [2.05, 4.69) is 4.72 Å². The van der Waals surface area contributed by atoms with Crippen molar-refractivity contribution in [2.45, 2.75) is 49.1 Å². The summed E-state index contributed by atoms with van der Waals surface area (Å²) in [6.45, 7) is 0. The van der Waals surface area contributed by atoms with E-state index in [1.165, 1.54) is 24.3 Å². The van der Waals surface area contributed by atoms with Crippen LogP contribution in [0.3, 0.4) is 0 Å². The number of hydrogen-bond acceptors (Lipinski definition) is 5. The Labute approximate surface area is 123 Å². The van der Waals surface area contributed by atoms with Crippen LogP contribution in [-0.2, 0) is 10.0 Å². The molecule has 1 fully saturated rings. The van der Waals surface area contributed by atoms with E-state index in [4.69, 9.17) is 5.73 Å². The van der Waals surface area contributed by atoms with Crippen molar-refractivity contribution in [2.75, 3.05) is 0 Å². The van der Waals surface area contributed by atoms with Crippen LogP contribution >= 0.6 is 0 Å². The summed E-state index contributed by atoms with van der Waals surface area (Å²) in [5, 5.41) is 10.6. The molecule has 1 saturated carbocycles. The summed E-state index contributed by atoms with van der Waals surface area (Å²) >= 11 is 0. The van der Waals surface area contributed by atoms with Gasteiger partial charge in [0.25, 0.3) is 5.69 Å². The van der Waals surface area contributed by atoms with Gasteiger partial charge in [-0.15, -0.1) is 0 Å². The lowest BCUT2D eigenvalue weighted by molar-refractivity contribution is -0.384. The topological polar surface area (TPSA) is 115 Å². The second-order valence-corrected chi connectivity index (χ2v) is 6.99. The molecule has 0 aliphatic heterocycles. The van der Waals surface area contributed by atoms with E-state index < -0.39 is 14.9 Å². The Kier molecular flexibility index (Phi) is 4.92. The highest BCUT2D eigenvalue weighted by Crippen LogP contribution is 2.20. The van der Waals surface area contributed by atoms with Crippen molar-refractivity contribution in [3.05, 3.63) is 34.4 Å². The Morgan fingerprint density at radius 2 is 1.76 bits per heavy atom. The van der Waals surface area contributed by atoms with Crippen LogP contribution in [0.15, 0.2) is 29.2 Å². The average Bonchev–Trinajstić information content (AvgIpc) is 2.64. The predicted octanol–water partition coefficient (Wildman–Crippen LogP) is 1.53. The number of nitrogens with zero attached hydrogens (tertiary/aromatic N) is 1. The van der Waals surface area contributed by atoms with Gasteiger partial charge in [0.1, 0.15) is 0 Å². The van der Waals surface area contributed by atoms with Gasteiger partial charge in [-0.2, -0.15) is 0 Å². The van der Waals surface area contributed by atoms with Gasteiger partial charge in [-0.3, -0.25) is 10.1 Å². The molecular weight excluding hydrogens is 294 g/mol. The van der Waals surface area contributed by atoms with Crippen LogP contribution in [0, 0.1) is 10.1 Å². The molecule has 0 heterocycles. The third-order valence-electron chi connectivity index (χ3n) is 3.73. The highest BCUT2D eigenvalue weighted by atomic mass is 32.2. The van der Waals surface area contributed by atoms with Gasteiger partial charge in [-0.25, -0.2) is 13.1 Å². The van der Waals surface area contributed by atoms with Crippen molar-refractivity contribution in [3.8, 4) is 0 Å². The van der Waals surface area contributed by atoms with E-state index in [1.807, 2.05) is 0 Å². The van der Waals surface area contributed by atoms with Crippen LogP contribution in [0.4, 0.5) is 5.69 Å². The van der Waals surface area contributed by atoms with Crippen LogP contribution in [-0.4, -0.2) is 25.4 Å². The van der Waals surface area contributed by atoms with E-state index in [0.717, 1.165) is 25.7 Å². The smallest absolute Gasteiger partial charge is 0.269 e. The van der Waals surface area contributed by atoms with E-state index >= 15 is 0 Å². The fourth-order valence-electron chi connectivity index (χ4n) is 2.50. The molecule has 3 N–H and O–H groups in total. The molecule has 0 amide bonds. The Morgan fingerprint density at radius 1 is 1.14 bits per heavy atom. The summed E-state index contributed by atoms with van der Waals surface area (Å²) in [6.07, 6.45) is 4.53. The number of nitrogens with two attached hydrogens (primary N) is 1. The van der Waals surface area contributed by atoms with E-state index in [-0.39, 0.29) is 22.7 Å². The molecule has 1 aliphatic rings. The number of nitro benzene ring substituents is 1. The van der Waals surface area contributed by atoms with Crippen molar-refractivity contribution in [1.82, 2.24) is 4.72 Å². The van der Waals surface area contributed by atoms with E-state index in [1.54, 1.807) is 0 Å². The summed E-state index contributed by atoms with van der Waals surface area (Å²) in [7, 11) is -3.70. The van der Waals surface area contributed by atoms with Crippen LogP contribution in [0.25, 0.3) is 0 Å². The second kappa shape index (κ2) is 6.50. The maximum atomic E-state index is 12.3. The lowest BCUT2D eigenvalue weighted by Crippen LogP contribution is -2.46. The Morgan fingerprint density at radius 3 is 2.38 bits per heavy atom. The number of nitro groups is 1. The molecule has 0 aromatic heterocycles. The van der Waals surface area contributed by atoms with Crippen molar-refractivity contribution in [3.63, 3.8) is 0 Å². The molecule has 1 aromatic carbocycles. The lowest BCUT2D eigenvalue weighted by atomic mass is 10.1. The molecule has 0 bridgehead atoms. The normalized spacial score (nSPS) is 23.5. The van der Waals surface area contributed by atoms with E-state index in [9.17, 15) is 18.5 Å². The van der Waals surface area contributed by atoms with Crippen LogP contribution in [0.5, 0.6) is 0 Å². The molecule has 0 radical (unpaired) electrons. The summed E-state index contributed by atoms with van der Waals surface area (Å²) < 4.78 is 27.2. The van der Waals surface area contributed by atoms with Gasteiger partial charge in [0, 0.05) is 24.2 Å². The van der Waals surface area contributed by atoms with Crippen LogP contribution < -0.4 is 10.5 Å². The molecule has 7 nitrogen and oxygen atoms in total. The van der Waals surface area contributed by atoms with Gasteiger partial charge in [0.05, 0.1) is 9.82 Å². The zero-order valence-electron chi connectivity index (χ0n) is 11.6. The zero-order valence-corrected chi connectivity index (χ0v) is 12.4. The minimum Gasteiger partial charge on any atom is -0.326 e. The van der Waals surface area contributed by atoms with Crippen molar-refractivity contribution in [1.29, 1.82) is 0 Å². The van der Waals surface area contributed by atoms with Gasteiger partial charge in [-0.1, -0.05) is 19.3 Å². The number of rotatable bonds is 4. The summed E-state index contributed by atoms with van der Waals surface area (Å²) in [5.74, 6) is 0. The lowest BCUT2D eigenvalue weighted by Gasteiger charge is -2.22. The molecule has 2 rings (SSSR count). The van der Waals surface area contributed by atoms with Crippen LogP contribution in [0.1, 0.15) is 32.1 Å². The molecule has 1 aliphatic carbocycles. The number of non-ortho nitro benzene ring substituents is 1. The standard InChI is InChI=1S/C13H19N3O4S/c14-12-4-2-1-3-5-13(12)15-21(19,20)11-8-6-10(7-9-11)16(17)18/h6-9,12-13,15H,1-5,14H2/t12-,13+/m1/s1. The highest BCUT2D eigenvalue weighted by Gasteiger charge is 2.26. The monoisotopic (exact) mass is 313 g/mol. The molecule has 0 saturated heterocycles. The SMILES string of the molecule is N[C@@H]1CCCCC[C@@H]1NS(=O)(=O)c1ccc([N+](=O)[O-])cc1. The highest BCUT2D eigenvalue weighted by molar-refractivity contribution is 7.89. The molecule has 8 heteroatoms.